The second-order valence-electron chi connectivity index (χ2n) is 3.57. The molecule has 0 N–H and O–H groups in total. The Morgan fingerprint density at radius 3 is 2.17 bits per heavy atom. The predicted octanol–water partition coefficient (Wildman–Crippen LogP) is 2.44. The lowest BCUT2D eigenvalue weighted by Gasteiger charge is -2.21. The second kappa shape index (κ2) is 3.27. The van der Waals surface area contributed by atoms with E-state index in [4.69, 9.17) is 17.0 Å². The van der Waals surface area contributed by atoms with Crippen LogP contribution in [0.2, 0.25) is 0 Å². The summed E-state index contributed by atoms with van der Waals surface area (Å²) in [6.07, 6.45) is 3.74. The molecule has 1 rings (SSSR count). The van der Waals surface area contributed by atoms with Crippen LogP contribution in [0.4, 0.5) is 0 Å². The Bertz CT molecular complexity index is 259. The van der Waals surface area contributed by atoms with Crippen LogP contribution in [0, 0.1) is 0 Å². The standard InChI is InChI=1S/C9H13NOS/c1-9(2,3)11-8(12)10-6-4-5-7-10/h4-7H,1-3H3. The Morgan fingerprint density at radius 2 is 1.75 bits per heavy atom. The van der Waals surface area contributed by atoms with Crippen LogP contribution in [0.1, 0.15) is 20.8 Å². The largest absolute Gasteiger partial charge is 0.465 e. The predicted molar refractivity (Wildman–Crippen MR) is 53.3 cm³/mol. The second-order valence-corrected chi connectivity index (χ2v) is 3.92. The monoisotopic (exact) mass is 183 g/mol. The van der Waals surface area contributed by atoms with Gasteiger partial charge in [0.1, 0.15) is 5.60 Å². The maximum atomic E-state index is 5.48. The third-order valence-electron chi connectivity index (χ3n) is 1.21. The van der Waals surface area contributed by atoms with Gasteiger partial charge in [0, 0.05) is 12.4 Å². The van der Waals surface area contributed by atoms with Gasteiger partial charge in [0.05, 0.1) is 0 Å². The highest BCUT2D eigenvalue weighted by Crippen LogP contribution is 2.08. The molecule has 1 heterocycles. The van der Waals surface area contributed by atoms with Crippen LogP contribution in [0.15, 0.2) is 24.5 Å². The van der Waals surface area contributed by atoms with Crippen molar-refractivity contribution in [3.8, 4) is 0 Å². The van der Waals surface area contributed by atoms with Crippen LogP contribution in [-0.2, 0) is 4.74 Å². The minimum atomic E-state index is -0.221. The number of hydrogen-bond acceptors (Lipinski definition) is 2. The van der Waals surface area contributed by atoms with Gasteiger partial charge < -0.3 is 4.74 Å². The molecule has 3 heteroatoms. The summed E-state index contributed by atoms with van der Waals surface area (Å²) in [4.78, 5) is 0. The molecule has 0 radical (unpaired) electrons. The van der Waals surface area contributed by atoms with Crippen molar-refractivity contribution in [2.24, 2.45) is 0 Å². The first-order chi connectivity index (χ1) is 5.49. The van der Waals surface area contributed by atoms with Crippen molar-refractivity contribution in [2.45, 2.75) is 26.4 Å². The first-order valence-electron chi connectivity index (χ1n) is 3.85. The summed E-state index contributed by atoms with van der Waals surface area (Å²) < 4.78 is 7.25. The van der Waals surface area contributed by atoms with Crippen LogP contribution >= 0.6 is 12.2 Å². The van der Waals surface area contributed by atoms with E-state index in [1.54, 1.807) is 4.57 Å². The maximum Gasteiger partial charge on any atom is 0.268 e. The highest BCUT2D eigenvalue weighted by atomic mass is 32.1. The molecule has 0 fully saturated rings. The van der Waals surface area contributed by atoms with Crippen molar-refractivity contribution >= 4 is 17.4 Å². The lowest BCUT2D eigenvalue weighted by molar-refractivity contribution is 0.115. The van der Waals surface area contributed by atoms with Crippen LogP contribution in [0.3, 0.4) is 0 Å². The molecule has 0 bridgehead atoms. The number of rotatable bonds is 0. The summed E-state index contributed by atoms with van der Waals surface area (Å²) in [5.41, 5.74) is -0.221. The van der Waals surface area contributed by atoms with Gasteiger partial charge in [-0.05, 0) is 45.1 Å². The van der Waals surface area contributed by atoms with E-state index >= 15 is 0 Å². The van der Waals surface area contributed by atoms with Crippen molar-refractivity contribution < 1.29 is 4.74 Å². The minimum absolute atomic E-state index is 0.221. The van der Waals surface area contributed by atoms with E-state index in [1.807, 2.05) is 45.3 Å². The molecular formula is C9H13NOS. The van der Waals surface area contributed by atoms with E-state index in [9.17, 15) is 0 Å². The van der Waals surface area contributed by atoms with Gasteiger partial charge in [0.25, 0.3) is 5.17 Å². The molecule has 1 aromatic heterocycles. The fourth-order valence-electron chi connectivity index (χ4n) is 0.771. The van der Waals surface area contributed by atoms with Gasteiger partial charge in [-0.3, -0.25) is 4.57 Å². The Labute approximate surface area is 78.1 Å². The smallest absolute Gasteiger partial charge is 0.268 e. The Balaban J connectivity index is 2.63. The molecule has 0 saturated carbocycles. The summed E-state index contributed by atoms with van der Waals surface area (Å²) >= 11 is 5.06. The van der Waals surface area contributed by atoms with E-state index in [-0.39, 0.29) is 5.60 Å². The highest BCUT2D eigenvalue weighted by molar-refractivity contribution is 7.80. The lowest BCUT2D eigenvalue weighted by atomic mass is 10.2. The number of thiocarbonyl (C=S) groups is 1. The summed E-state index contributed by atoms with van der Waals surface area (Å²) in [6.45, 7) is 5.93. The number of hydrogen-bond donors (Lipinski definition) is 0. The average molecular weight is 183 g/mol. The minimum Gasteiger partial charge on any atom is -0.465 e. The summed E-state index contributed by atoms with van der Waals surface area (Å²) in [6, 6.07) is 3.83. The Hall–Kier alpha value is -0.830. The van der Waals surface area contributed by atoms with E-state index in [0.717, 1.165) is 0 Å². The van der Waals surface area contributed by atoms with Crippen LogP contribution in [0.5, 0.6) is 0 Å². The van der Waals surface area contributed by atoms with Crippen molar-refractivity contribution in [3.63, 3.8) is 0 Å². The SMILES string of the molecule is CC(C)(C)OC(=S)n1cccc1. The summed E-state index contributed by atoms with van der Waals surface area (Å²) in [5, 5.41) is 0.493. The topological polar surface area (TPSA) is 14.2 Å². The molecule has 0 aliphatic carbocycles. The molecule has 2 nitrogen and oxygen atoms in total. The number of aromatic nitrogens is 1. The van der Waals surface area contributed by atoms with E-state index in [2.05, 4.69) is 0 Å². The van der Waals surface area contributed by atoms with E-state index < -0.39 is 0 Å². The molecule has 0 unspecified atom stereocenters. The molecular weight excluding hydrogens is 170 g/mol. The molecule has 0 saturated heterocycles. The average Bonchev–Trinajstić information content (AvgIpc) is 2.32. The van der Waals surface area contributed by atoms with Gasteiger partial charge in [0.15, 0.2) is 0 Å². The summed E-state index contributed by atoms with van der Waals surface area (Å²) in [7, 11) is 0. The van der Waals surface area contributed by atoms with E-state index in [1.165, 1.54) is 0 Å². The third kappa shape index (κ3) is 2.66. The molecule has 0 aliphatic rings. The molecule has 0 spiro atoms. The van der Waals surface area contributed by atoms with Gasteiger partial charge in [-0.2, -0.15) is 0 Å². The van der Waals surface area contributed by atoms with Crippen molar-refractivity contribution in [3.05, 3.63) is 24.5 Å². The van der Waals surface area contributed by atoms with Crippen LogP contribution in [0.25, 0.3) is 0 Å². The molecule has 0 atom stereocenters. The van der Waals surface area contributed by atoms with Crippen LogP contribution < -0.4 is 0 Å². The highest BCUT2D eigenvalue weighted by Gasteiger charge is 2.13. The molecule has 0 aromatic carbocycles. The normalized spacial score (nSPS) is 11.2. The van der Waals surface area contributed by atoms with Gasteiger partial charge in [-0.15, -0.1) is 0 Å². The first kappa shape index (κ1) is 9.26. The van der Waals surface area contributed by atoms with Crippen molar-refractivity contribution in [1.82, 2.24) is 4.57 Å². The summed E-state index contributed by atoms with van der Waals surface area (Å²) in [5.74, 6) is 0. The van der Waals surface area contributed by atoms with Gasteiger partial charge >= 0.3 is 0 Å². The van der Waals surface area contributed by atoms with Crippen LogP contribution in [-0.4, -0.2) is 15.3 Å². The van der Waals surface area contributed by atoms with Gasteiger partial charge in [-0.25, -0.2) is 0 Å². The molecule has 0 amide bonds. The zero-order chi connectivity index (χ0) is 9.19. The fourth-order valence-corrected chi connectivity index (χ4v) is 1.14. The molecule has 12 heavy (non-hydrogen) atoms. The van der Waals surface area contributed by atoms with Gasteiger partial charge in [0.2, 0.25) is 0 Å². The van der Waals surface area contributed by atoms with Crippen molar-refractivity contribution in [1.29, 1.82) is 0 Å². The quantitative estimate of drug-likeness (QED) is 0.573. The Morgan fingerprint density at radius 1 is 1.25 bits per heavy atom. The zero-order valence-corrected chi connectivity index (χ0v) is 8.39. The zero-order valence-electron chi connectivity index (χ0n) is 7.57. The third-order valence-corrected chi connectivity index (χ3v) is 1.50. The van der Waals surface area contributed by atoms with E-state index in [0.29, 0.717) is 5.17 Å². The molecule has 1 aromatic rings. The number of nitrogens with zero attached hydrogens (tertiary/aromatic N) is 1. The fraction of sp³-hybridized carbons (Fsp3) is 0.444. The molecule has 66 valence electrons. The Kier molecular flexibility index (Phi) is 2.52. The van der Waals surface area contributed by atoms with Gasteiger partial charge in [-0.1, -0.05) is 0 Å². The first-order valence-corrected chi connectivity index (χ1v) is 4.26. The molecule has 0 aliphatic heterocycles. The van der Waals surface area contributed by atoms with Crippen molar-refractivity contribution in [2.75, 3.05) is 0 Å². The maximum absolute atomic E-state index is 5.48. The lowest BCUT2D eigenvalue weighted by Crippen LogP contribution is -2.26. The number of ether oxygens (including phenoxy) is 1.